The highest BCUT2D eigenvalue weighted by Crippen LogP contribution is 2.19. The van der Waals surface area contributed by atoms with Crippen molar-refractivity contribution in [3.05, 3.63) is 68.9 Å². The molecule has 2 rings (SSSR count). The van der Waals surface area contributed by atoms with Crippen LogP contribution in [-0.2, 0) is 12.8 Å². The van der Waals surface area contributed by atoms with Gasteiger partial charge in [-0.05, 0) is 77.0 Å². The fourth-order valence-electron chi connectivity index (χ4n) is 2.21. The lowest BCUT2D eigenvalue weighted by molar-refractivity contribution is 0.175. The molecule has 0 saturated carbocycles. The van der Waals surface area contributed by atoms with E-state index in [1.807, 2.05) is 6.07 Å². The molecule has 1 atom stereocenters. The van der Waals surface area contributed by atoms with Crippen LogP contribution in [0.2, 0.25) is 0 Å². The van der Waals surface area contributed by atoms with Crippen molar-refractivity contribution in [2.24, 2.45) is 0 Å². The fraction of sp³-hybridized carbons (Fsp3) is 0.294. The zero-order valence-electron chi connectivity index (χ0n) is 11.7. The summed E-state index contributed by atoms with van der Waals surface area (Å²) in [5.41, 5.74) is 4.54. The van der Waals surface area contributed by atoms with E-state index in [4.69, 9.17) is 0 Å². The lowest BCUT2D eigenvalue weighted by Crippen LogP contribution is -2.14. The first-order chi connectivity index (χ1) is 9.45. The number of aliphatic hydroxyl groups excluding tert-OH is 1. The Bertz CT molecular complexity index is 556. The van der Waals surface area contributed by atoms with Gasteiger partial charge in [-0.1, -0.05) is 24.3 Å². The Morgan fingerprint density at radius 1 is 1.00 bits per heavy atom. The standard InChI is InChI=1S/C17H18BrFO/c1-11-3-4-13(7-12(11)2)8-15(20)9-14-5-6-17(19)16(18)10-14/h3-7,10,15,20H,8-9H2,1-2H3. The molecule has 1 unspecified atom stereocenters. The molecule has 0 aliphatic carbocycles. The predicted octanol–water partition coefficient (Wildman–Crippen LogP) is 4.35. The van der Waals surface area contributed by atoms with E-state index in [2.05, 4.69) is 41.9 Å². The van der Waals surface area contributed by atoms with Crippen LogP contribution in [0.5, 0.6) is 0 Å². The molecule has 2 aromatic carbocycles. The van der Waals surface area contributed by atoms with E-state index >= 15 is 0 Å². The lowest BCUT2D eigenvalue weighted by Gasteiger charge is -2.12. The number of hydrogen-bond donors (Lipinski definition) is 1. The lowest BCUT2D eigenvalue weighted by atomic mass is 9.98. The molecule has 0 aliphatic rings. The third kappa shape index (κ3) is 3.90. The highest BCUT2D eigenvalue weighted by molar-refractivity contribution is 9.10. The Hall–Kier alpha value is -1.19. The van der Waals surface area contributed by atoms with Crippen molar-refractivity contribution in [1.29, 1.82) is 0 Å². The normalized spacial score (nSPS) is 12.4. The minimum atomic E-state index is -0.463. The van der Waals surface area contributed by atoms with Gasteiger partial charge in [-0.15, -0.1) is 0 Å². The topological polar surface area (TPSA) is 20.2 Å². The number of halogens is 2. The second kappa shape index (κ2) is 6.51. The van der Waals surface area contributed by atoms with E-state index in [-0.39, 0.29) is 5.82 Å². The highest BCUT2D eigenvalue weighted by Gasteiger charge is 2.09. The maximum Gasteiger partial charge on any atom is 0.137 e. The molecule has 0 aromatic heterocycles. The molecular formula is C17H18BrFO. The quantitative estimate of drug-likeness (QED) is 0.879. The van der Waals surface area contributed by atoms with Crippen molar-refractivity contribution in [2.45, 2.75) is 32.8 Å². The maximum atomic E-state index is 13.2. The van der Waals surface area contributed by atoms with Gasteiger partial charge < -0.3 is 5.11 Å². The summed E-state index contributed by atoms with van der Waals surface area (Å²) in [6.45, 7) is 4.15. The Balaban J connectivity index is 2.02. The van der Waals surface area contributed by atoms with Crippen molar-refractivity contribution >= 4 is 15.9 Å². The van der Waals surface area contributed by atoms with E-state index in [1.54, 1.807) is 12.1 Å². The largest absolute Gasteiger partial charge is 0.392 e. The molecule has 0 fully saturated rings. The van der Waals surface area contributed by atoms with Crippen molar-refractivity contribution in [3.8, 4) is 0 Å². The van der Waals surface area contributed by atoms with Crippen LogP contribution in [0, 0.1) is 19.7 Å². The third-order valence-corrected chi connectivity index (χ3v) is 4.11. The van der Waals surface area contributed by atoms with Gasteiger partial charge in [-0.3, -0.25) is 0 Å². The van der Waals surface area contributed by atoms with Crippen molar-refractivity contribution in [2.75, 3.05) is 0 Å². The van der Waals surface area contributed by atoms with Gasteiger partial charge in [-0.2, -0.15) is 0 Å². The molecule has 0 bridgehead atoms. The van der Waals surface area contributed by atoms with Gasteiger partial charge >= 0.3 is 0 Å². The van der Waals surface area contributed by atoms with Gasteiger partial charge in [0.1, 0.15) is 5.82 Å². The summed E-state index contributed by atoms with van der Waals surface area (Å²) in [6.07, 6.45) is 0.663. The summed E-state index contributed by atoms with van der Waals surface area (Å²) in [6, 6.07) is 11.1. The Labute approximate surface area is 127 Å². The molecule has 0 radical (unpaired) electrons. The summed E-state index contributed by atoms with van der Waals surface area (Å²) >= 11 is 3.16. The monoisotopic (exact) mass is 336 g/mol. The maximum absolute atomic E-state index is 13.2. The second-order valence-electron chi connectivity index (χ2n) is 5.23. The molecule has 3 heteroatoms. The van der Waals surface area contributed by atoms with Crippen LogP contribution in [-0.4, -0.2) is 11.2 Å². The molecule has 1 nitrogen and oxygen atoms in total. The third-order valence-electron chi connectivity index (χ3n) is 3.50. The van der Waals surface area contributed by atoms with Crippen molar-refractivity contribution in [1.82, 2.24) is 0 Å². The summed E-state index contributed by atoms with van der Waals surface area (Å²) in [5.74, 6) is -0.280. The number of aliphatic hydroxyl groups is 1. The van der Waals surface area contributed by atoms with Gasteiger partial charge in [0, 0.05) is 0 Å². The minimum Gasteiger partial charge on any atom is -0.392 e. The van der Waals surface area contributed by atoms with Gasteiger partial charge in [0.2, 0.25) is 0 Å². The molecule has 2 aromatic rings. The van der Waals surface area contributed by atoms with Crippen LogP contribution < -0.4 is 0 Å². The van der Waals surface area contributed by atoms with Crippen LogP contribution in [0.4, 0.5) is 4.39 Å². The summed E-state index contributed by atoms with van der Waals surface area (Å²) in [7, 11) is 0. The SMILES string of the molecule is Cc1ccc(CC(O)Cc2ccc(F)c(Br)c2)cc1C. The van der Waals surface area contributed by atoms with Gasteiger partial charge in [0.25, 0.3) is 0 Å². The first kappa shape index (κ1) is 15.2. The molecule has 0 spiro atoms. The molecule has 0 aliphatic heterocycles. The van der Waals surface area contributed by atoms with Crippen LogP contribution >= 0.6 is 15.9 Å². The molecule has 0 amide bonds. The number of benzene rings is 2. The molecule has 0 heterocycles. The van der Waals surface area contributed by atoms with Crippen LogP contribution in [0.1, 0.15) is 22.3 Å². The molecule has 106 valence electrons. The van der Waals surface area contributed by atoms with E-state index in [0.717, 1.165) is 11.1 Å². The predicted molar refractivity (Wildman–Crippen MR) is 83.4 cm³/mol. The van der Waals surface area contributed by atoms with Crippen LogP contribution in [0.3, 0.4) is 0 Å². The highest BCUT2D eigenvalue weighted by atomic mass is 79.9. The van der Waals surface area contributed by atoms with E-state index in [9.17, 15) is 9.50 Å². The van der Waals surface area contributed by atoms with Crippen LogP contribution in [0.15, 0.2) is 40.9 Å². The van der Waals surface area contributed by atoms with Crippen molar-refractivity contribution in [3.63, 3.8) is 0 Å². The molecular weight excluding hydrogens is 319 g/mol. The second-order valence-corrected chi connectivity index (χ2v) is 6.08. The Kier molecular flexibility index (Phi) is 4.95. The number of aryl methyl sites for hydroxylation is 2. The van der Waals surface area contributed by atoms with Crippen molar-refractivity contribution < 1.29 is 9.50 Å². The zero-order valence-corrected chi connectivity index (χ0v) is 13.2. The fourth-order valence-corrected chi connectivity index (χ4v) is 2.64. The van der Waals surface area contributed by atoms with E-state index in [0.29, 0.717) is 17.3 Å². The van der Waals surface area contributed by atoms with Gasteiger partial charge in [-0.25, -0.2) is 4.39 Å². The van der Waals surface area contributed by atoms with Gasteiger partial charge in [0.05, 0.1) is 10.6 Å². The Morgan fingerprint density at radius 2 is 1.60 bits per heavy atom. The Morgan fingerprint density at radius 3 is 2.20 bits per heavy atom. The first-order valence-corrected chi connectivity index (χ1v) is 7.43. The van der Waals surface area contributed by atoms with Crippen LogP contribution in [0.25, 0.3) is 0 Å². The number of rotatable bonds is 4. The summed E-state index contributed by atoms with van der Waals surface area (Å²) < 4.78 is 13.6. The smallest absolute Gasteiger partial charge is 0.137 e. The minimum absolute atomic E-state index is 0.280. The summed E-state index contributed by atoms with van der Waals surface area (Å²) in [5, 5.41) is 10.2. The molecule has 20 heavy (non-hydrogen) atoms. The van der Waals surface area contributed by atoms with E-state index < -0.39 is 6.10 Å². The zero-order chi connectivity index (χ0) is 14.7. The molecule has 1 N–H and O–H groups in total. The molecule has 0 saturated heterocycles. The number of hydrogen-bond acceptors (Lipinski definition) is 1. The average molecular weight is 337 g/mol. The van der Waals surface area contributed by atoms with Gasteiger partial charge in [0.15, 0.2) is 0 Å². The average Bonchev–Trinajstić information content (AvgIpc) is 2.38. The first-order valence-electron chi connectivity index (χ1n) is 6.64. The summed E-state index contributed by atoms with van der Waals surface area (Å²) in [4.78, 5) is 0. The van der Waals surface area contributed by atoms with E-state index in [1.165, 1.54) is 17.2 Å².